The largest absolute Gasteiger partial charge is 0.352 e. The molecule has 0 aliphatic heterocycles. The fourth-order valence-corrected chi connectivity index (χ4v) is 0.376. The Labute approximate surface area is 57.3 Å². The van der Waals surface area contributed by atoms with Crippen molar-refractivity contribution >= 4 is 11.9 Å². The van der Waals surface area contributed by atoms with Gasteiger partial charge in [0, 0.05) is 0 Å². The molecule has 3 amide bonds. The van der Waals surface area contributed by atoms with E-state index in [2.05, 4.69) is 11.1 Å². The van der Waals surface area contributed by atoms with Gasteiger partial charge >= 0.3 is 6.03 Å². The standard InChI is InChI=1S/C4H9N3O3/c1-2(3(8)7-10)6-4(5)9/h2,10H,1H3,(H,7,8)(H3,5,6,9). The number of carbonyl (C=O) groups excluding carboxylic acids is 2. The zero-order chi connectivity index (χ0) is 8.15. The van der Waals surface area contributed by atoms with Gasteiger partial charge in [-0.2, -0.15) is 0 Å². The van der Waals surface area contributed by atoms with Crippen LogP contribution in [0.15, 0.2) is 0 Å². The fourth-order valence-electron chi connectivity index (χ4n) is 0.376. The number of urea groups is 1. The summed E-state index contributed by atoms with van der Waals surface area (Å²) in [6, 6.07) is -1.63. The van der Waals surface area contributed by atoms with Crippen LogP contribution in [0.2, 0.25) is 0 Å². The van der Waals surface area contributed by atoms with Crippen LogP contribution in [-0.2, 0) is 4.79 Å². The van der Waals surface area contributed by atoms with Gasteiger partial charge in [-0.1, -0.05) is 0 Å². The summed E-state index contributed by atoms with van der Waals surface area (Å²) in [5.41, 5.74) is 6.04. The van der Waals surface area contributed by atoms with E-state index in [-0.39, 0.29) is 0 Å². The molecule has 0 aromatic heterocycles. The summed E-state index contributed by atoms with van der Waals surface area (Å²) in [6.07, 6.45) is 0. The Hall–Kier alpha value is -1.30. The summed E-state index contributed by atoms with van der Waals surface area (Å²) in [5, 5.41) is 10.1. The maximum absolute atomic E-state index is 10.4. The Kier molecular flexibility index (Phi) is 3.20. The lowest BCUT2D eigenvalue weighted by Crippen LogP contribution is -2.45. The Morgan fingerprint density at radius 1 is 1.60 bits per heavy atom. The first-order valence-corrected chi connectivity index (χ1v) is 2.58. The molecule has 5 N–H and O–H groups in total. The van der Waals surface area contributed by atoms with Gasteiger partial charge in [-0.3, -0.25) is 10.0 Å². The van der Waals surface area contributed by atoms with Gasteiger partial charge in [0.05, 0.1) is 0 Å². The van der Waals surface area contributed by atoms with Crippen LogP contribution in [0.5, 0.6) is 0 Å². The van der Waals surface area contributed by atoms with Gasteiger partial charge in [0.15, 0.2) is 0 Å². The Morgan fingerprint density at radius 3 is 2.40 bits per heavy atom. The molecule has 1 atom stereocenters. The number of nitrogens with two attached hydrogens (primary N) is 1. The number of nitrogens with one attached hydrogen (secondary N) is 2. The normalized spacial score (nSPS) is 11.8. The van der Waals surface area contributed by atoms with Crippen molar-refractivity contribution < 1.29 is 14.8 Å². The molecule has 6 heteroatoms. The minimum Gasteiger partial charge on any atom is -0.352 e. The van der Waals surface area contributed by atoms with Gasteiger partial charge in [0.2, 0.25) is 0 Å². The first kappa shape index (κ1) is 8.70. The van der Waals surface area contributed by atoms with Gasteiger partial charge in [0.25, 0.3) is 5.91 Å². The van der Waals surface area contributed by atoms with Crippen molar-refractivity contribution in [2.75, 3.05) is 0 Å². The molecule has 10 heavy (non-hydrogen) atoms. The molecule has 58 valence electrons. The summed E-state index contributed by atoms with van der Waals surface area (Å²) in [7, 11) is 0. The highest BCUT2D eigenvalue weighted by Crippen LogP contribution is 1.78. The third-order valence-electron chi connectivity index (χ3n) is 0.862. The van der Waals surface area contributed by atoms with Crippen molar-refractivity contribution in [3.63, 3.8) is 0 Å². The third kappa shape index (κ3) is 2.88. The maximum atomic E-state index is 10.4. The number of hydrogen-bond donors (Lipinski definition) is 4. The topological polar surface area (TPSA) is 104 Å². The predicted octanol–water partition coefficient (Wildman–Crippen LogP) is -1.45. The molecule has 0 radical (unpaired) electrons. The second kappa shape index (κ2) is 3.67. The molecular weight excluding hydrogens is 138 g/mol. The predicted molar refractivity (Wildman–Crippen MR) is 32.1 cm³/mol. The fraction of sp³-hybridized carbons (Fsp3) is 0.500. The van der Waals surface area contributed by atoms with Crippen LogP contribution in [0.4, 0.5) is 4.79 Å². The Morgan fingerprint density at radius 2 is 2.10 bits per heavy atom. The number of rotatable bonds is 2. The van der Waals surface area contributed by atoms with E-state index in [9.17, 15) is 9.59 Å². The average molecular weight is 147 g/mol. The highest BCUT2D eigenvalue weighted by atomic mass is 16.5. The van der Waals surface area contributed by atoms with Crippen LogP contribution in [0.1, 0.15) is 6.92 Å². The monoisotopic (exact) mass is 147 g/mol. The third-order valence-corrected chi connectivity index (χ3v) is 0.862. The molecule has 0 aromatic rings. The number of hydroxylamine groups is 1. The highest BCUT2D eigenvalue weighted by Gasteiger charge is 2.11. The van der Waals surface area contributed by atoms with Crippen molar-refractivity contribution in [3.05, 3.63) is 0 Å². The van der Waals surface area contributed by atoms with Crippen molar-refractivity contribution in [2.45, 2.75) is 13.0 Å². The molecule has 0 aromatic carbocycles. The van der Waals surface area contributed by atoms with E-state index in [0.717, 1.165) is 0 Å². The smallest absolute Gasteiger partial charge is 0.312 e. The second-order valence-electron chi connectivity index (χ2n) is 1.71. The molecule has 0 rings (SSSR count). The number of primary amides is 1. The van der Waals surface area contributed by atoms with E-state index in [1.165, 1.54) is 12.4 Å². The first-order valence-electron chi connectivity index (χ1n) is 2.58. The van der Waals surface area contributed by atoms with Crippen LogP contribution in [0.3, 0.4) is 0 Å². The molecule has 0 aliphatic rings. The molecule has 0 bridgehead atoms. The van der Waals surface area contributed by atoms with Crippen LogP contribution >= 0.6 is 0 Å². The zero-order valence-corrected chi connectivity index (χ0v) is 5.42. The van der Waals surface area contributed by atoms with Crippen molar-refractivity contribution in [1.82, 2.24) is 10.8 Å². The molecule has 0 fully saturated rings. The van der Waals surface area contributed by atoms with Crippen LogP contribution in [0.25, 0.3) is 0 Å². The van der Waals surface area contributed by atoms with Crippen molar-refractivity contribution in [1.29, 1.82) is 0 Å². The summed E-state index contributed by atoms with van der Waals surface area (Å²) < 4.78 is 0. The summed E-state index contributed by atoms with van der Waals surface area (Å²) >= 11 is 0. The summed E-state index contributed by atoms with van der Waals surface area (Å²) in [6.45, 7) is 1.39. The van der Waals surface area contributed by atoms with E-state index < -0.39 is 18.0 Å². The van der Waals surface area contributed by atoms with E-state index in [4.69, 9.17) is 5.21 Å². The SMILES string of the molecule is CC(NC(N)=O)C(=O)NO. The number of amides is 3. The first-order chi connectivity index (χ1) is 4.57. The van der Waals surface area contributed by atoms with Crippen molar-refractivity contribution in [2.24, 2.45) is 5.73 Å². The Balaban J connectivity index is 3.72. The van der Waals surface area contributed by atoms with E-state index in [1.807, 2.05) is 0 Å². The summed E-state index contributed by atoms with van der Waals surface area (Å²) in [4.78, 5) is 20.5. The van der Waals surface area contributed by atoms with Gasteiger partial charge < -0.3 is 11.1 Å². The minimum absolute atomic E-state index is 0.709. The maximum Gasteiger partial charge on any atom is 0.312 e. The lowest BCUT2D eigenvalue weighted by Gasteiger charge is -2.07. The molecular formula is C4H9N3O3. The van der Waals surface area contributed by atoms with E-state index in [0.29, 0.717) is 0 Å². The van der Waals surface area contributed by atoms with Gasteiger partial charge in [-0.05, 0) is 6.92 Å². The van der Waals surface area contributed by atoms with Crippen molar-refractivity contribution in [3.8, 4) is 0 Å². The van der Waals surface area contributed by atoms with Gasteiger partial charge in [0.1, 0.15) is 6.04 Å². The minimum atomic E-state index is -0.817. The lowest BCUT2D eigenvalue weighted by atomic mass is 10.3. The second-order valence-corrected chi connectivity index (χ2v) is 1.71. The van der Waals surface area contributed by atoms with Crippen LogP contribution < -0.4 is 16.5 Å². The molecule has 1 unspecified atom stereocenters. The van der Waals surface area contributed by atoms with Gasteiger partial charge in [-0.15, -0.1) is 0 Å². The molecule has 6 nitrogen and oxygen atoms in total. The molecule has 0 saturated heterocycles. The van der Waals surface area contributed by atoms with Crippen LogP contribution in [-0.4, -0.2) is 23.2 Å². The summed E-state index contributed by atoms with van der Waals surface area (Å²) in [5.74, 6) is -0.709. The molecule has 0 aliphatic carbocycles. The lowest BCUT2D eigenvalue weighted by molar-refractivity contribution is -0.130. The highest BCUT2D eigenvalue weighted by molar-refractivity contribution is 5.85. The average Bonchev–Trinajstić information content (AvgIpc) is 1.85. The Bertz CT molecular complexity index is 147. The molecule has 0 heterocycles. The molecule has 0 spiro atoms. The number of hydrogen-bond acceptors (Lipinski definition) is 3. The number of carbonyl (C=O) groups is 2. The van der Waals surface area contributed by atoms with E-state index in [1.54, 1.807) is 0 Å². The van der Waals surface area contributed by atoms with E-state index >= 15 is 0 Å². The van der Waals surface area contributed by atoms with Gasteiger partial charge in [-0.25, -0.2) is 10.3 Å². The quantitative estimate of drug-likeness (QED) is 0.283. The van der Waals surface area contributed by atoms with Crippen LogP contribution in [0, 0.1) is 0 Å². The zero-order valence-electron chi connectivity index (χ0n) is 5.42. The molecule has 0 saturated carbocycles.